The molecule has 0 saturated carbocycles. The van der Waals surface area contributed by atoms with Crippen LogP contribution in [0.4, 0.5) is 5.69 Å². The van der Waals surface area contributed by atoms with Gasteiger partial charge in [-0.15, -0.1) is 0 Å². The van der Waals surface area contributed by atoms with E-state index >= 15 is 0 Å². The van der Waals surface area contributed by atoms with Gasteiger partial charge in [0.25, 0.3) is 5.91 Å². The zero-order valence-electron chi connectivity index (χ0n) is 19.4. The molecule has 34 heavy (non-hydrogen) atoms. The van der Waals surface area contributed by atoms with E-state index in [1.165, 1.54) is 7.11 Å². The van der Waals surface area contributed by atoms with Crippen LogP contribution in [0.2, 0.25) is 0 Å². The molecule has 0 fully saturated rings. The molecular formula is C25H28N4O4S. The maximum absolute atomic E-state index is 13.2. The Balaban J connectivity index is 1.85. The number of anilines is 1. The summed E-state index contributed by atoms with van der Waals surface area (Å²) in [5.74, 6) is -0.381. The summed E-state index contributed by atoms with van der Waals surface area (Å²) < 4.78 is 6.64. The molecule has 3 aromatic rings. The molecule has 1 heterocycles. The molecule has 0 aliphatic carbocycles. The number of thioether (sulfide) groups is 1. The van der Waals surface area contributed by atoms with Crippen molar-refractivity contribution in [3.63, 3.8) is 0 Å². The van der Waals surface area contributed by atoms with Crippen LogP contribution in [-0.4, -0.2) is 52.5 Å². The molecule has 0 saturated heterocycles. The van der Waals surface area contributed by atoms with E-state index in [0.29, 0.717) is 34.7 Å². The summed E-state index contributed by atoms with van der Waals surface area (Å²) in [6.07, 6.45) is 5.97. The number of amides is 2. The Morgan fingerprint density at radius 2 is 1.91 bits per heavy atom. The topological polar surface area (TPSA) is 102 Å². The van der Waals surface area contributed by atoms with Crippen LogP contribution < -0.4 is 10.6 Å². The number of aryl methyl sites for hydroxylation is 1. The monoisotopic (exact) mass is 480 g/mol. The molecule has 8 nitrogen and oxygen atoms in total. The Morgan fingerprint density at radius 3 is 2.56 bits per heavy atom. The predicted molar refractivity (Wildman–Crippen MR) is 134 cm³/mol. The van der Waals surface area contributed by atoms with Gasteiger partial charge in [-0.1, -0.05) is 30.3 Å². The number of aromatic nitrogens is 2. The Kier molecular flexibility index (Phi) is 8.86. The van der Waals surface area contributed by atoms with Gasteiger partial charge >= 0.3 is 5.97 Å². The summed E-state index contributed by atoms with van der Waals surface area (Å²) in [4.78, 5) is 42.1. The highest BCUT2D eigenvalue weighted by molar-refractivity contribution is 7.98. The fraction of sp³-hybridized carbons (Fsp3) is 0.280. The normalized spacial score (nSPS) is 11.5. The summed E-state index contributed by atoms with van der Waals surface area (Å²) in [7, 11) is 3.15. The highest BCUT2D eigenvalue weighted by Crippen LogP contribution is 2.27. The van der Waals surface area contributed by atoms with Crippen molar-refractivity contribution in [3.8, 4) is 11.1 Å². The largest absolute Gasteiger partial charge is 0.467 e. The first-order valence-corrected chi connectivity index (χ1v) is 12.1. The number of carbonyl (C=O) groups is 3. The van der Waals surface area contributed by atoms with Gasteiger partial charge in [0.1, 0.15) is 6.04 Å². The van der Waals surface area contributed by atoms with Crippen LogP contribution >= 0.6 is 11.8 Å². The number of esters is 1. The lowest BCUT2D eigenvalue weighted by Gasteiger charge is -2.18. The Morgan fingerprint density at radius 1 is 1.15 bits per heavy atom. The molecule has 2 aromatic carbocycles. The number of hydrogen-bond acceptors (Lipinski definition) is 6. The summed E-state index contributed by atoms with van der Waals surface area (Å²) in [6.45, 7) is 0. The lowest BCUT2D eigenvalue weighted by atomic mass is 9.98. The van der Waals surface area contributed by atoms with Gasteiger partial charge < -0.3 is 19.9 Å². The van der Waals surface area contributed by atoms with Gasteiger partial charge in [-0.05, 0) is 47.8 Å². The van der Waals surface area contributed by atoms with E-state index in [2.05, 4.69) is 15.6 Å². The molecule has 2 N–H and O–H groups in total. The van der Waals surface area contributed by atoms with Crippen molar-refractivity contribution in [1.82, 2.24) is 14.9 Å². The number of nitrogens with one attached hydrogen (secondary N) is 2. The van der Waals surface area contributed by atoms with E-state index in [4.69, 9.17) is 4.74 Å². The smallest absolute Gasteiger partial charge is 0.328 e. The van der Waals surface area contributed by atoms with E-state index in [1.807, 2.05) is 43.6 Å². The van der Waals surface area contributed by atoms with Crippen molar-refractivity contribution in [1.29, 1.82) is 0 Å². The molecule has 178 valence electrons. The van der Waals surface area contributed by atoms with Crippen LogP contribution in [-0.2, 0) is 27.8 Å². The highest BCUT2D eigenvalue weighted by atomic mass is 32.2. The number of rotatable bonds is 10. The summed E-state index contributed by atoms with van der Waals surface area (Å²) in [5, 5.41) is 5.67. The molecule has 3 rings (SSSR count). The highest BCUT2D eigenvalue weighted by Gasteiger charge is 2.23. The Labute approximate surface area is 203 Å². The molecule has 1 aromatic heterocycles. The minimum absolute atomic E-state index is 0.139. The molecule has 0 aliphatic heterocycles. The minimum atomic E-state index is -0.744. The third kappa shape index (κ3) is 6.71. The van der Waals surface area contributed by atoms with Gasteiger partial charge in [0, 0.05) is 24.5 Å². The number of hydrogen-bond donors (Lipinski definition) is 2. The lowest BCUT2D eigenvalue weighted by Crippen LogP contribution is -2.42. The van der Waals surface area contributed by atoms with Crippen molar-refractivity contribution in [2.75, 3.05) is 24.4 Å². The van der Waals surface area contributed by atoms with E-state index in [9.17, 15) is 14.4 Å². The second kappa shape index (κ2) is 12.0. The second-order valence-corrected chi connectivity index (χ2v) is 8.70. The molecule has 9 heteroatoms. The zero-order valence-corrected chi connectivity index (χ0v) is 20.2. The molecule has 2 amide bonds. The Bertz CT molecular complexity index is 1150. The van der Waals surface area contributed by atoms with Gasteiger partial charge in [-0.25, -0.2) is 9.78 Å². The van der Waals surface area contributed by atoms with Crippen molar-refractivity contribution >= 4 is 35.2 Å². The van der Waals surface area contributed by atoms with E-state index in [-0.39, 0.29) is 18.2 Å². The second-order valence-electron chi connectivity index (χ2n) is 7.71. The van der Waals surface area contributed by atoms with Gasteiger partial charge in [0.15, 0.2) is 0 Å². The van der Waals surface area contributed by atoms with Crippen LogP contribution in [0.3, 0.4) is 0 Å². The average molecular weight is 481 g/mol. The number of methoxy groups -OCH3 is 1. The maximum Gasteiger partial charge on any atom is 0.328 e. The summed E-state index contributed by atoms with van der Waals surface area (Å²) in [6, 6.07) is 13.7. The summed E-state index contributed by atoms with van der Waals surface area (Å²) >= 11 is 1.59. The molecular weight excluding hydrogens is 452 g/mol. The SMILES string of the molecule is COC(=O)C(CCSC)NC(=O)c1ccc(NC(=O)Cc2cn(C)cn2)cc1-c1ccccc1. The van der Waals surface area contributed by atoms with Gasteiger partial charge in [0.2, 0.25) is 5.91 Å². The zero-order chi connectivity index (χ0) is 24.5. The van der Waals surface area contributed by atoms with Crippen molar-refractivity contribution in [2.45, 2.75) is 18.9 Å². The van der Waals surface area contributed by atoms with Crippen molar-refractivity contribution < 1.29 is 19.1 Å². The maximum atomic E-state index is 13.2. The number of ether oxygens (including phenoxy) is 1. The molecule has 0 spiro atoms. The predicted octanol–water partition coefficient (Wildman–Crippen LogP) is 3.29. The molecule has 0 bridgehead atoms. The van der Waals surface area contributed by atoms with Gasteiger partial charge in [0.05, 0.1) is 25.6 Å². The first-order chi connectivity index (χ1) is 16.4. The fourth-order valence-electron chi connectivity index (χ4n) is 3.47. The number of imidazole rings is 1. The Hall–Kier alpha value is -3.59. The van der Waals surface area contributed by atoms with Gasteiger partial charge in [-0.3, -0.25) is 9.59 Å². The van der Waals surface area contributed by atoms with E-state index in [1.54, 1.807) is 47.1 Å². The lowest BCUT2D eigenvalue weighted by molar-refractivity contribution is -0.142. The van der Waals surface area contributed by atoms with Crippen molar-refractivity contribution in [3.05, 3.63) is 72.3 Å². The van der Waals surface area contributed by atoms with Crippen LogP contribution in [0.1, 0.15) is 22.5 Å². The summed E-state index contributed by atoms with van der Waals surface area (Å²) in [5.41, 5.74) is 3.07. The van der Waals surface area contributed by atoms with E-state index in [0.717, 1.165) is 5.56 Å². The van der Waals surface area contributed by atoms with Crippen LogP contribution in [0.25, 0.3) is 11.1 Å². The quantitative estimate of drug-likeness (QED) is 0.432. The molecule has 0 radical (unpaired) electrons. The van der Waals surface area contributed by atoms with Crippen LogP contribution in [0.5, 0.6) is 0 Å². The third-order valence-corrected chi connectivity index (χ3v) is 5.78. The number of benzene rings is 2. The number of nitrogens with zero attached hydrogens (tertiary/aromatic N) is 2. The standard InChI is InChI=1S/C25H28N4O4S/c1-29-15-19(26-16-29)14-23(30)27-18-9-10-20(21(13-18)17-7-5-4-6-8-17)24(31)28-22(11-12-34-3)25(32)33-2/h4-10,13,15-16,22H,11-12,14H2,1-3H3,(H,27,30)(H,28,31). The molecule has 1 unspecified atom stereocenters. The number of carbonyl (C=O) groups excluding carboxylic acids is 3. The first-order valence-electron chi connectivity index (χ1n) is 10.7. The van der Waals surface area contributed by atoms with E-state index < -0.39 is 12.0 Å². The third-order valence-electron chi connectivity index (χ3n) is 5.13. The average Bonchev–Trinajstić information content (AvgIpc) is 3.25. The van der Waals surface area contributed by atoms with Crippen LogP contribution in [0, 0.1) is 0 Å². The first kappa shape index (κ1) is 25.0. The van der Waals surface area contributed by atoms with Crippen LogP contribution in [0.15, 0.2) is 61.1 Å². The van der Waals surface area contributed by atoms with Crippen molar-refractivity contribution in [2.24, 2.45) is 7.05 Å². The molecule has 1 atom stereocenters. The molecule has 0 aliphatic rings. The minimum Gasteiger partial charge on any atom is -0.467 e. The van der Waals surface area contributed by atoms with Gasteiger partial charge in [-0.2, -0.15) is 11.8 Å². The fourth-order valence-corrected chi connectivity index (χ4v) is 3.94.